The van der Waals surface area contributed by atoms with Gasteiger partial charge in [-0.25, -0.2) is 0 Å². The lowest BCUT2D eigenvalue weighted by atomic mass is 9.97. The molecule has 5 heteroatoms. The molecule has 1 aliphatic rings. The molecule has 1 aliphatic heterocycles. The fourth-order valence-corrected chi connectivity index (χ4v) is 3.17. The van der Waals surface area contributed by atoms with Gasteiger partial charge < -0.3 is 9.80 Å². The molecule has 1 atom stereocenters. The van der Waals surface area contributed by atoms with Gasteiger partial charge in [0.25, 0.3) is 0 Å². The summed E-state index contributed by atoms with van der Waals surface area (Å²) in [7, 11) is 0. The van der Waals surface area contributed by atoms with Crippen molar-refractivity contribution < 1.29 is 9.59 Å². The first-order valence-corrected chi connectivity index (χ1v) is 9.99. The van der Waals surface area contributed by atoms with Gasteiger partial charge in [0.15, 0.2) is 0 Å². The Morgan fingerprint density at radius 1 is 1.27 bits per heavy atom. The number of hydrogen-bond acceptors (Lipinski definition) is 3. The second-order valence-electron chi connectivity index (χ2n) is 6.90. The number of rotatable bonds is 6. The average Bonchev–Trinajstić information content (AvgIpc) is 2.67. The van der Waals surface area contributed by atoms with Gasteiger partial charge in [0.05, 0.1) is 11.9 Å². The van der Waals surface area contributed by atoms with E-state index in [0.29, 0.717) is 18.9 Å². The van der Waals surface area contributed by atoms with E-state index in [1.54, 1.807) is 24.2 Å². The summed E-state index contributed by atoms with van der Waals surface area (Å²) in [6.07, 6.45) is 10.0. The normalized spacial score (nSPS) is 16.5. The maximum Gasteiger partial charge on any atom is 0.226 e. The van der Waals surface area contributed by atoms with Crippen molar-refractivity contribution in [2.45, 2.75) is 66.2 Å². The number of amides is 2. The van der Waals surface area contributed by atoms with E-state index in [-0.39, 0.29) is 11.8 Å². The third-order valence-electron chi connectivity index (χ3n) is 4.67. The lowest BCUT2D eigenvalue weighted by Crippen LogP contribution is -2.44. The topological polar surface area (TPSA) is 53.5 Å². The highest BCUT2D eigenvalue weighted by molar-refractivity contribution is 5.92. The quantitative estimate of drug-likeness (QED) is 0.760. The molecule has 0 aliphatic carbocycles. The molecule has 0 aromatic carbocycles. The predicted molar refractivity (Wildman–Crippen MR) is 107 cm³/mol. The maximum absolute atomic E-state index is 12.2. The first-order chi connectivity index (χ1) is 12.5. The number of anilines is 1. The zero-order valence-corrected chi connectivity index (χ0v) is 16.9. The van der Waals surface area contributed by atoms with Gasteiger partial charge in [0.1, 0.15) is 0 Å². The molecule has 5 nitrogen and oxygen atoms in total. The first-order valence-electron chi connectivity index (χ1n) is 9.99. The third kappa shape index (κ3) is 7.54. The first kappa shape index (κ1) is 22.1. The van der Waals surface area contributed by atoms with Crippen molar-refractivity contribution in [1.29, 1.82) is 0 Å². The van der Waals surface area contributed by atoms with Gasteiger partial charge in [-0.2, -0.15) is 0 Å². The van der Waals surface area contributed by atoms with E-state index in [2.05, 4.69) is 18.8 Å². The molecular weight excluding hydrogens is 326 g/mol. The van der Waals surface area contributed by atoms with Crippen LogP contribution in [0.2, 0.25) is 0 Å². The number of nitrogens with zero attached hydrogens (tertiary/aromatic N) is 3. The van der Waals surface area contributed by atoms with Gasteiger partial charge >= 0.3 is 0 Å². The molecule has 1 saturated heterocycles. The summed E-state index contributed by atoms with van der Waals surface area (Å²) < 4.78 is 0. The van der Waals surface area contributed by atoms with Gasteiger partial charge in [-0.15, -0.1) is 0 Å². The summed E-state index contributed by atoms with van der Waals surface area (Å²) >= 11 is 0. The molecule has 1 unspecified atom stereocenters. The van der Waals surface area contributed by atoms with E-state index in [1.807, 2.05) is 24.0 Å². The molecule has 2 amide bonds. The highest BCUT2D eigenvalue weighted by atomic mass is 16.2. The van der Waals surface area contributed by atoms with Crippen LogP contribution in [-0.2, 0) is 9.59 Å². The standard InChI is InChI=1S/C16H23N3O2.C5H12/c1-3-16(21)19(15-7-4-8-17-10-15)12-14-6-5-9-18(11-14)13(2)20;1-3-5-4-2/h4,7-8,10,14H,3,5-6,9,11-12H2,1-2H3;3-5H2,1-2H3. The summed E-state index contributed by atoms with van der Waals surface area (Å²) in [5.41, 5.74) is 0.837. The Morgan fingerprint density at radius 2 is 2.00 bits per heavy atom. The number of carbonyl (C=O) groups excluding carboxylic acids is 2. The van der Waals surface area contributed by atoms with Crippen LogP contribution in [0.1, 0.15) is 66.2 Å². The molecule has 0 N–H and O–H groups in total. The van der Waals surface area contributed by atoms with Crippen LogP contribution in [0.3, 0.4) is 0 Å². The van der Waals surface area contributed by atoms with Gasteiger partial charge in [0, 0.05) is 39.2 Å². The SMILES string of the molecule is CCC(=O)N(CC1CCCN(C(C)=O)C1)c1cccnc1.CCCCC. The molecule has 0 saturated carbocycles. The molecule has 146 valence electrons. The molecule has 0 spiro atoms. The molecule has 1 aromatic rings. The van der Waals surface area contributed by atoms with Crippen molar-refractivity contribution in [3.63, 3.8) is 0 Å². The number of aromatic nitrogens is 1. The number of unbranched alkanes of at least 4 members (excludes halogenated alkanes) is 2. The number of hydrogen-bond donors (Lipinski definition) is 0. The molecule has 26 heavy (non-hydrogen) atoms. The van der Waals surface area contributed by atoms with E-state index in [9.17, 15) is 9.59 Å². The lowest BCUT2D eigenvalue weighted by Gasteiger charge is -2.35. The monoisotopic (exact) mass is 361 g/mol. The zero-order valence-electron chi connectivity index (χ0n) is 16.9. The highest BCUT2D eigenvalue weighted by Crippen LogP contribution is 2.21. The fraction of sp³-hybridized carbons (Fsp3) is 0.667. The zero-order chi connectivity index (χ0) is 19.4. The highest BCUT2D eigenvalue weighted by Gasteiger charge is 2.25. The molecule has 1 fully saturated rings. The molecular formula is C21H35N3O2. The van der Waals surface area contributed by atoms with E-state index < -0.39 is 0 Å². The van der Waals surface area contributed by atoms with Crippen LogP contribution in [0.15, 0.2) is 24.5 Å². The van der Waals surface area contributed by atoms with Crippen molar-refractivity contribution in [2.75, 3.05) is 24.5 Å². The molecule has 2 rings (SSSR count). The van der Waals surface area contributed by atoms with Crippen LogP contribution in [-0.4, -0.2) is 41.3 Å². The summed E-state index contributed by atoms with van der Waals surface area (Å²) in [5.74, 6) is 0.552. The fourth-order valence-electron chi connectivity index (χ4n) is 3.17. The minimum atomic E-state index is 0.1000. The Kier molecular flexibility index (Phi) is 10.6. The number of piperidine rings is 1. The van der Waals surface area contributed by atoms with Crippen LogP contribution in [0.25, 0.3) is 0 Å². The van der Waals surface area contributed by atoms with Gasteiger partial charge in [-0.3, -0.25) is 14.6 Å². The Morgan fingerprint density at radius 3 is 2.50 bits per heavy atom. The van der Waals surface area contributed by atoms with Crippen molar-refractivity contribution in [1.82, 2.24) is 9.88 Å². The number of carbonyl (C=O) groups is 2. The van der Waals surface area contributed by atoms with E-state index in [1.165, 1.54) is 19.3 Å². The van der Waals surface area contributed by atoms with Crippen LogP contribution in [0, 0.1) is 5.92 Å². The second kappa shape index (κ2) is 12.4. The molecule has 0 radical (unpaired) electrons. The van der Waals surface area contributed by atoms with Crippen LogP contribution >= 0.6 is 0 Å². The minimum Gasteiger partial charge on any atom is -0.343 e. The van der Waals surface area contributed by atoms with Crippen molar-refractivity contribution in [2.24, 2.45) is 5.92 Å². The molecule has 0 bridgehead atoms. The Labute approximate surface area is 158 Å². The Balaban J connectivity index is 0.000000597. The lowest BCUT2D eigenvalue weighted by molar-refractivity contribution is -0.130. The molecule has 1 aromatic heterocycles. The molecule has 2 heterocycles. The number of likely N-dealkylation sites (tertiary alicyclic amines) is 1. The van der Waals surface area contributed by atoms with Crippen LogP contribution in [0.5, 0.6) is 0 Å². The largest absolute Gasteiger partial charge is 0.343 e. The second-order valence-corrected chi connectivity index (χ2v) is 6.90. The summed E-state index contributed by atoms with van der Waals surface area (Å²) in [6.45, 7) is 10.1. The van der Waals surface area contributed by atoms with Crippen molar-refractivity contribution in [3.8, 4) is 0 Å². The van der Waals surface area contributed by atoms with E-state index >= 15 is 0 Å². The van der Waals surface area contributed by atoms with Crippen LogP contribution < -0.4 is 4.90 Å². The smallest absolute Gasteiger partial charge is 0.226 e. The minimum absolute atomic E-state index is 0.1000. The number of pyridine rings is 1. The van der Waals surface area contributed by atoms with Gasteiger partial charge in [0.2, 0.25) is 11.8 Å². The summed E-state index contributed by atoms with van der Waals surface area (Å²) in [4.78, 5) is 31.5. The summed E-state index contributed by atoms with van der Waals surface area (Å²) in [6, 6.07) is 3.75. The van der Waals surface area contributed by atoms with Gasteiger partial charge in [-0.1, -0.05) is 40.0 Å². The van der Waals surface area contributed by atoms with E-state index in [4.69, 9.17) is 0 Å². The Hall–Kier alpha value is -1.91. The van der Waals surface area contributed by atoms with Gasteiger partial charge in [-0.05, 0) is 30.9 Å². The van der Waals surface area contributed by atoms with Crippen molar-refractivity contribution in [3.05, 3.63) is 24.5 Å². The van der Waals surface area contributed by atoms with E-state index in [0.717, 1.165) is 31.6 Å². The van der Waals surface area contributed by atoms with Crippen molar-refractivity contribution >= 4 is 17.5 Å². The average molecular weight is 362 g/mol. The van der Waals surface area contributed by atoms with Crippen LogP contribution in [0.4, 0.5) is 5.69 Å². The Bertz CT molecular complexity index is 531. The maximum atomic E-state index is 12.2. The third-order valence-corrected chi connectivity index (χ3v) is 4.67. The summed E-state index contributed by atoms with van der Waals surface area (Å²) in [5, 5.41) is 0. The predicted octanol–water partition coefficient (Wildman–Crippen LogP) is 4.28.